The summed E-state index contributed by atoms with van der Waals surface area (Å²) in [6.07, 6.45) is 3.85. The van der Waals surface area contributed by atoms with Gasteiger partial charge >= 0.3 is 0 Å². The predicted molar refractivity (Wildman–Crippen MR) is 83.7 cm³/mol. The molecule has 0 amide bonds. The maximum Gasteiger partial charge on any atom is 0.120 e. The van der Waals surface area contributed by atoms with Gasteiger partial charge in [-0.3, -0.25) is 0 Å². The van der Waals surface area contributed by atoms with Gasteiger partial charge in [-0.2, -0.15) is 0 Å². The Labute approximate surface area is 118 Å². The zero-order valence-electron chi connectivity index (χ0n) is 11.6. The van der Waals surface area contributed by atoms with Crippen LogP contribution in [-0.2, 0) is 0 Å². The summed E-state index contributed by atoms with van der Waals surface area (Å²) in [6.45, 7) is 0. The molecule has 0 spiro atoms. The maximum atomic E-state index is 5.96. The number of anilines is 2. The van der Waals surface area contributed by atoms with E-state index in [2.05, 4.69) is 0 Å². The lowest BCUT2D eigenvalue weighted by atomic mass is 10.1. The molecule has 4 N–H and O–H groups in total. The molecule has 0 saturated heterocycles. The van der Waals surface area contributed by atoms with Crippen molar-refractivity contribution < 1.29 is 9.47 Å². The second kappa shape index (κ2) is 6.02. The van der Waals surface area contributed by atoms with Crippen molar-refractivity contribution in [3.8, 4) is 11.5 Å². The molecular weight excluding hydrogens is 252 g/mol. The number of nitrogen functional groups attached to an aromatic ring is 2. The fourth-order valence-corrected chi connectivity index (χ4v) is 1.84. The van der Waals surface area contributed by atoms with Crippen LogP contribution in [-0.4, -0.2) is 14.2 Å². The third-order valence-corrected chi connectivity index (χ3v) is 3.03. The highest BCUT2D eigenvalue weighted by atomic mass is 16.5. The van der Waals surface area contributed by atoms with E-state index in [0.717, 1.165) is 22.6 Å². The van der Waals surface area contributed by atoms with E-state index in [4.69, 9.17) is 20.9 Å². The zero-order valence-corrected chi connectivity index (χ0v) is 11.6. The van der Waals surface area contributed by atoms with Gasteiger partial charge in [0.25, 0.3) is 0 Å². The molecule has 4 nitrogen and oxygen atoms in total. The van der Waals surface area contributed by atoms with E-state index < -0.39 is 0 Å². The van der Waals surface area contributed by atoms with E-state index in [1.165, 1.54) is 0 Å². The molecular formula is C16H18N2O2. The summed E-state index contributed by atoms with van der Waals surface area (Å²) in [4.78, 5) is 0. The molecule has 0 aliphatic carbocycles. The number of benzene rings is 2. The van der Waals surface area contributed by atoms with Gasteiger partial charge < -0.3 is 20.9 Å². The first-order chi connectivity index (χ1) is 9.63. The van der Waals surface area contributed by atoms with Gasteiger partial charge in [0.2, 0.25) is 0 Å². The number of hydrogen-bond donors (Lipinski definition) is 2. The number of rotatable bonds is 4. The second-order valence-electron chi connectivity index (χ2n) is 4.32. The first kappa shape index (κ1) is 13.8. The Morgan fingerprint density at radius 3 is 1.45 bits per heavy atom. The summed E-state index contributed by atoms with van der Waals surface area (Å²) in [7, 11) is 3.23. The molecule has 0 aliphatic heterocycles. The van der Waals surface area contributed by atoms with Gasteiger partial charge in [-0.05, 0) is 35.4 Å². The molecule has 0 heterocycles. The van der Waals surface area contributed by atoms with Gasteiger partial charge in [0.15, 0.2) is 0 Å². The first-order valence-corrected chi connectivity index (χ1v) is 6.19. The summed E-state index contributed by atoms with van der Waals surface area (Å²) < 4.78 is 10.2. The molecule has 0 atom stereocenters. The predicted octanol–water partition coefficient (Wildman–Crippen LogP) is 3.04. The monoisotopic (exact) mass is 270 g/mol. The van der Waals surface area contributed by atoms with Crippen LogP contribution >= 0.6 is 0 Å². The fourth-order valence-electron chi connectivity index (χ4n) is 1.84. The minimum atomic E-state index is 0.660. The van der Waals surface area contributed by atoms with Gasteiger partial charge in [0.05, 0.1) is 14.2 Å². The lowest BCUT2D eigenvalue weighted by molar-refractivity contribution is 0.415. The summed E-state index contributed by atoms with van der Waals surface area (Å²) >= 11 is 0. The minimum absolute atomic E-state index is 0.660. The Hall–Kier alpha value is -2.62. The van der Waals surface area contributed by atoms with Gasteiger partial charge in [-0.1, -0.05) is 12.2 Å². The SMILES string of the molecule is COc1ccc(/C=C/c2ccc(OC)cc2N)c(N)c1. The van der Waals surface area contributed by atoms with Gasteiger partial charge in [0, 0.05) is 23.5 Å². The maximum absolute atomic E-state index is 5.96. The quantitative estimate of drug-likeness (QED) is 0.661. The summed E-state index contributed by atoms with van der Waals surface area (Å²) in [5.41, 5.74) is 15.1. The standard InChI is InChI=1S/C16H18N2O2/c1-19-13-7-5-11(15(17)9-13)3-4-12-6-8-14(20-2)10-16(12)18/h3-10H,17-18H2,1-2H3/b4-3+. The van der Waals surface area contributed by atoms with E-state index in [1.54, 1.807) is 26.4 Å². The van der Waals surface area contributed by atoms with Crippen LogP contribution in [0.1, 0.15) is 11.1 Å². The number of nitrogens with two attached hydrogens (primary N) is 2. The largest absolute Gasteiger partial charge is 0.497 e. The van der Waals surface area contributed by atoms with Crippen molar-refractivity contribution in [2.75, 3.05) is 25.7 Å². The van der Waals surface area contributed by atoms with E-state index in [0.29, 0.717) is 11.4 Å². The van der Waals surface area contributed by atoms with Crippen LogP contribution in [0.2, 0.25) is 0 Å². The lowest BCUT2D eigenvalue weighted by Crippen LogP contribution is -1.92. The van der Waals surface area contributed by atoms with Crippen LogP contribution in [0.4, 0.5) is 11.4 Å². The Morgan fingerprint density at radius 2 is 1.15 bits per heavy atom. The average molecular weight is 270 g/mol. The highest BCUT2D eigenvalue weighted by molar-refractivity contribution is 5.80. The summed E-state index contributed by atoms with van der Waals surface area (Å²) in [5, 5.41) is 0. The molecule has 0 aromatic heterocycles. The van der Waals surface area contributed by atoms with Crippen LogP contribution in [0.15, 0.2) is 36.4 Å². The van der Waals surface area contributed by atoms with E-state index in [9.17, 15) is 0 Å². The topological polar surface area (TPSA) is 70.5 Å². The minimum Gasteiger partial charge on any atom is -0.497 e. The highest BCUT2D eigenvalue weighted by Crippen LogP contribution is 2.24. The molecule has 0 saturated carbocycles. The third kappa shape index (κ3) is 3.03. The van der Waals surface area contributed by atoms with Crippen LogP contribution in [0, 0.1) is 0 Å². The number of hydrogen-bond acceptors (Lipinski definition) is 4. The van der Waals surface area contributed by atoms with E-state index >= 15 is 0 Å². The van der Waals surface area contributed by atoms with Crippen molar-refractivity contribution >= 4 is 23.5 Å². The number of methoxy groups -OCH3 is 2. The Kier molecular flexibility index (Phi) is 4.15. The van der Waals surface area contributed by atoms with Crippen LogP contribution < -0.4 is 20.9 Å². The smallest absolute Gasteiger partial charge is 0.120 e. The molecule has 2 rings (SSSR count). The Morgan fingerprint density at radius 1 is 0.750 bits per heavy atom. The molecule has 0 radical (unpaired) electrons. The average Bonchev–Trinajstić information content (AvgIpc) is 2.46. The molecule has 2 aromatic carbocycles. The second-order valence-corrected chi connectivity index (χ2v) is 4.32. The molecule has 0 fully saturated rings. The summed E-state index contributed by atoms with van der Waals surface area (Å²) in [5.74, 6) is 1.48. The Bertz CT molecular complexity index is 581. The Balaban J connectivity index is 2.25. The zero-order chi connectivity index (χ0) is 14.5. The van der Waals surface area contributed by atoms with Crippen molar-refractivity contribution in [1.29, 1.82) is 0 Å². The van der Waals surface area contributed by atoms with Crippen LogP contribution in [0.5, 0.6) is 11.5 Å². The molecule has 0 bridgehead atoms. The van der Waals surface area contributed by atoms with Crippen molar-refractivity contribution in [3.63, 3.8) is 0 Å². The lowest BCUT2D eigenvalue weighted by Gasteiger charge is -2.06. The molecule has 0 aliphatic rings. The normalized spacial score (nSPS) is 10.7. The first-order valence-electron chi connectivity index (χ1n) is 6.19. The van der Waals surface area contributed by atoms with Crippen LogP contribution in [0.25, 0.3) is 12.2 Å². The van der Waals surface area contributed by atoms with Crippen molar-refractivity contribution in [2.24, 2.45) is 0 Å². The molecule has 0 unspecified atom stereocenters. The van der Waals surface area contributed by atoms with Gasteiger partial charge in [0.1, 0.15) is 11.5 Å². The van der Waals surface area contributed by atoms with Crippen molar-refractivity contribution in [1.82, 2.24) is 0 Å². The van der Waals surface area contributed by atoms with E-state index in [-0.39, 0.29) is 0 Å². The fraction of sp³-hybridized carbons (Fsp3) is 0.125. The molecule has 4 heteroatoms. The third-order valence-electron chi connectivity index (χ3n) is 3.03. The molecule has 20 heavy (non-hydrogen) atoms. The van der Waals surface area contributed by atoms with Crippen molar-refractivity contribution in [3.05, 3.63) is 47.5 Å². The van der Waals surface area contributed by atoms with E-state index in [1.807, 2.05) is 36.4 Å². The van der Waals surface area contributed by atoms with Crippen LogP contribution in [0.3, 0.4) is 0 Å². The highest BCUT2D eigenvalue weighted by Gasteiger charge is 2.00. The van der Waals surface area contributed by atoms with Gasteiger partial charge in [-0.25, -0.2) is 0 Å². The molecule has 2 aromatic rings. The summed E-state index contributed by atoms with van der Waals surface area (Å²) in [6, 6.07) is 11.1. The molecule has 104 valence electrons. The number of ether oxygens (including phenoxy) is 2. The van der Waals surface area contributed by atoms with Crippen molar-refractivity contribution in [2.45, 2.75) is 0 Å². The van der Waals surface area contributed by atoms with Gasteiger partial charge in [-0.15, -0.1) is 0 Å².